The molecule has 4 nitrogen and oxygen atoms in total. The molecule has 0 aliphatic heterocycles. The first-order chi connectivity index (χ1) is 11.8. The Balaban J connectivity index is 1.97. The number of nitrogens with zero attached hydrogens (tertiary/aromatic N) is 3. The van der Waals surface area contributed by atoms with E-state index in [4.69, 9.17) is 16.3 Å². The molecular weight excluding hydrogens is 362 g/mol. The van der Waals surface area contributed by atoms with Crippen LogP contribution in [0.5, 0.6) is 5.75 Å². The van der Waals surface area contributed by atoms with Crippen molar-refractivity contribution < 1.29 is 22.3 Å². The summed E-state index contributed by atoms with van der Waals surface area (Å²) in [6, 6.07) is 6.53. The van der Waals surface area contributed by atoms with E-state index in [-0.39, 0.29) is 22.1 Å². The van der Waals surface area contributed by atoms with Gasteiger partial charge in [-0.15, -0.1) is 0 Å². The maximum Gasteiger partial charge on any atom is 0.417 e. The third kappa shape index (κ3) is 3.43. The Hall–Kier alpha value is -2.61. The summed E-state index contributed by atoms with van der Waals surface area (Å²) in [4.78, 5) is 3.71. The van der Waals surface area contributed by atoms with Crippen molar-refractivity contribution in [2.75, 3.05) is 7.11 Å². The smallest absolute Gasteiger partial charge is 0.417 e. The fraction of sp³-hybridized carbons (Fsp3) is 0.125. The number of aromatic nitrogens is 3. The molecule has 0 aliphatic rings. The quantitative estimate of drug-likeness (QED) is 0.623. The molecule has 0 amide bonds. The lowest BCUT2D eigenvalue weighted by Crippen LogP contribution is -2.08. The Morgan fingerprint density at radius 2 is 1.92 bits per heavy atom. The van der Waals surface area contributed by atoms with E-state index in [1.54, 1.807) is 6.07 Å². The molecule has 9 heteroatoms. The van der Waals surface area contributed by atoms with Crippen molar-refractivity contribution in [2.45, 2.75) is 6.18 Å². The second-order valence-corrected chi connectivity index (χ2v) is 5.43. The number of ether oxygens (including phenoxy) is 1. The zero-order chi connectivity index (χ0) is 18.2. The van der Waals surface area contributed by atoms with Crippen molar-refractivity contribution in [3.8, 4) is 22.8 Å². The highest BCUT2D eigenvalue weighted by Gasteiger charge is 2.31. The third-order valence-electron chi connectivity index (χ3n) is 3.41. The van der Waals surface area contributed by atoms with E-state index in [1.807, 2.05) is 0 Å². The van der Waals surface area contributed by atoms with Gasteiger partial charge in [0.1, 0.15) is 11.6 Å². The van der Waals surface area contributed by atoms with Crippen LogP contribution in [0.25, 0.3) is 17.1 Å². The normalized spacial score (nSPS) is 11.6. The molecule has 0 unspecified atom stereocenters. The molecule has 0 radical (unpaired) electrons. The first-order valence-corrected chi connectivity index (χ1v) is 7.30. The van der Waals surface area contributed by atoms with Gasteiger partial charge in [0.2, 0.25) is 0 Å². The summed E-state index contributed by atoms with van der Waals surface area (Å²) in [6.07, 6.45) is -2.45. The van der Waals surface area contributed by atoms with E-state index in [9.17, 15) is 17.6 Å². The van der Waals surface area contributed by atoms with Crippen LogP contribution in [-0.4, -0.2) is 21.9 Å². The summed E-state index contributed by atoms with van der Waals surface area (Å²) in [5.74, 6) is -0.181. The van der Waals surface area contributed by atoms with E-state index in [2.05, 4.69) is 10.1 Å². The Bertz CT molecular complexity index is 924. The number of pyridine rings is 1. The van der Waals surface area contributed by atoms with Crippen LogP contribution in [0, 0.1) is 5.82 Å². The minimum atomic E-state index is -4.54. The molecule has 0 atom stereocenters. The molecule has 0 fully saturated rings. The lowest BCUT2D eigenvalue weighted by atomic mass is 10.1. The molecule has 0 saturated heterocycles. The highest BCUT2D eigenvalue weighted by molar-refractivity contribution is 6.32. The zero-order valence-corrected chi connectivity index (χ0v) is 13.4. The Morgan fingerprint density at radius 3 is 2.52 bits per heavy atom. The number of halogens is 5. The van der Waals surface area contributed by atoms with Crippen LogP contribution in [0.4, 0.5) is 17.6 Å². The third-order valence-corrected chi connectivity index (χ3v) is 3.69. The average molecular weight is 372 g/mol. The predicted octanol–water partition coefficient (Wildman–Crippen LogP) is 4.75. The second kappa shape index (κ2) is 6.36. The van der Waals surface area contributed by atoms with Crippen LogP contribution in [0.3, 0.4) is 0 Å². The highest BCUT2D eigenvalue weighted by Crippen LogP contribution is 2.32. The summed E-state index contributed by atoms with van der Waals surface area (Å²) in [7, 11) is 1.42. The van der Waals surface area contributed by atoms with Gasteiger partial charge in [-0.05, 0) is 24.3 Å². The van der Waals surface area contributed by atoms with Crippen molar-refractivity contribution in [3.05, 3.63) is 59.1 Å². The largest absolute Gasteiger partial charge is 0.497 e. The van der Waals surface area contributed by atoms with Crippen LogP contribution in [0.15, 0.2) is 42.7 Å². The SMILES string of the molecule is COc1ccc(-c2ccn(-c3ncc(C(F)(F)F)cc3Cl)n2)c(F)c1. The van der Waals surface area contributed by atoms with Gasteiger partial charge in [-0.2, -0.15) is 18.3 Å². The summed E-state index contributed by atoms with van der Waals surface area (Å²) in [5.41, 5.74) is -0.477. The van der Waals surface area contributed by atoms with Crippen molar-refractivity contribution >= 4 is 11.6 Å². The molecule has 0 aliphatic carbocycles. The van der Waals surface area contributed by atoms with Gasteiger partial charge in [0.25, 0.3) is 0 Å². The van der Waals surface area contributed by atoms with Crippen LogP contribution in [0.1, 0.15) is 5.56 Å². The predicted molar refractivity (Wildman–Crippen MR) is 83.3 cm³/mol. The number of alkyl halides is 3. The van der Waals surface area contributed by atoms with Crippen molar-refractivity contribution in [1.82, 2.24) is 14.8 Å². The van der Waals surface area contributed by atoms with Gasteiger partial charge in [-0.25, -0.2) is 14.1 Å². The van der Waals surface area contributed by atoms with E-state index in [0.717, 1.165) is 6.07 Å². The summed E-state index contributed by atoms with van der Waals surface area (Å²) in [6.45, 7) is 0. The lowest BCUT2D eigenvalue weighted by Gasteiger charge is -2.09. The molecule has 0 N–H and O–H groups in total. The maximum absolute atomic E-state index is 14.1. The Morgan fingerprint density at radius 1 is 1.16 bits per heavy atom. The minimum Gasteiger partial charge on any atom is -0.497 e. The molecule has 25 heavy (non-hydrogen) atoms. The fourth-order valence-corrected chi connectivity index (χ4v) is 2.42. The standard InChI is InChI=1S/C16H10ClF4N3O/c1-25-10-2-3-11(13(18)7-10)14-4-5-24(23-14)15-12(17)6-9(8-22-15)16(19,20)21/h2-8H,1H3. The molecule has 2 aromatic heterocycles. The molecule has 130 valence electrons. The molecular formula is C16H10ClF4N3O. The topological polar surface area (TPSA) is 39.9 Å². The van der Waals surface area contributed by atoms with Gasteiger partial charge in [0.15, 0.2) is 5.82 Å². The van der Waals surface area contributed by atoms with Crippen LogP contribution in [-0.2, 0) is 6.18 Å². The van der Waals surface area contributed by atoms with E-state index in [1.165, 1.54) is 36.2 Å². The number of rotatable bonds is 3. The second-order valence-electron chi connectivity index (χ2n) is 5.02. The van der Waals surface area contributed by atoms with Crippen molar-refractivity contribution in [1.29, 1.82) is 0 Å². The minimum absolute atomic E-state index is 0.00911. The van der Waals surface area contributed by atoms with Crippen LogP contribution >= 0.6 is 11.6 Å². The molecule has 1 aromatic carbocycles. The van der Waals surface area contributed by atoms with Gasteiger partial charge in [0, 0.05) is 24.0 Å². The summed E-state index contributed by atoms with van der Waals surface area (Å²) >= 11 is 5.88. The molecule has 0 spiro atoms. The maximum atomic E-state index is 14.1. The summed E-state index contributed by atoms with van der Waals surface area (Å²) in [5, 5.41) is 3.90. The molecule has 0 saturated carbocycles. The van der Waals surface area contributed by atoms with Gasteiger partial charge < -0.3 is 4.74 Å². The van der Waals surface area contributed by atoms with E-state index < -0.39 is 17.6 Å². The van der Waals surface area contributed by atoms with Crippen LogP contribution in [0.2, 0.25) is 5.02 Å². The monoisotopic (exact) mass is 371 g/mol. The number of hydrogen-bond acceptors (Lipinski definition) is 3. The fourth-order valence-electron chi connectivity index (χ4n) is 2.17. The first kappa shape index (κ1) is 17.2. The zero-order valence-electron chi connectivity index (χ0n) is 12.7. The number of benzene rings is 1. The number of hydrogen-bond donors (Lipinski definition) is 0. The highest BCUT2D eigenvalue weighted by atomic mass is 35.5. The van der Waals surface area contributed by atoms with Gasteiger partial charge in [-0.3, -0.25) is 0 Å². The van der Waals surface area contributed by atoms with Crippen molar-refractivity contribution in [2.24, 2.45) is 0 Å². The molecule has 0 bridgehead atoms. The van der Waals surface area contributed by atoms with Gasteiger partial charge in [-0.1, -0.05) is 11.6 Å². The van der Waals surface area contributed by atoms with E-state index >= 15 is 0 Å². The Labute approximate surface area is 144 Å². The van der Waals surface area contributed by atoms with Gasteiger partial charge in [0.05, 0.1) is 23.4 Å². The van der Waals surface area contributed by atoms with Crippen molar-refractivity contribution in [3.63, 3.8) is 0 Å². The summed E-state index contributed by atoms with van der Waals surface area (Å²) < 4.78 is 58.2. The first-order valence-electron chi connectivity index (χ1n) is 6.92. The molecule has 3 aromatic rings. The molecule has 2 heterocycles. The van der Waals surface area contributed by atoms with Gasteiger partial charge >= 0.3 is 6.18 Å². The Kier molecular flexibility index (Phi) is 4.38. The molecule has 3 rings (SSSR count). The average Bonchev–Trinajstić information content (AvgIpc) is 3.03. The van der Waals surface area contributed by atoms with Crippen LogP contribution < -0.4 is 4.74 Å². The van der Waals surface area contributed by atoms with E-state index in [0.29, 0.717) is 11.9 Å². The lowest BCUT2D eigenvalue weighted by molar-refractivity contribution is -0.137. The number of methoxy groups -OCH3 is 1.